The quantitative estimate of drug-likeness (QED) is 0.532. The summed E-state index contributed by atoms with van der Waals surface area (Å²) in [5.74, 6) is 0.286. The lowest BCUT2D eigenvalue weighted by atomic mass is 10.2. The molecule has 1 saturated heterocycles. The fourth-order valence-corrected chi connectivity index (χ4v) is 3.48. The molecule has 0 radical (unpaired) electrons. The molecular weight excluding hydrogens is 403 g/mol. The van der Waals surface area contributed by atoms with Crippen molar-refractivity contribution < 1.29 is 9.47 Å². The summed E-state index contributed by atoms with van der Waals surface area (Å²) in [7, 11) is 0. The molecule has 1 aliphatic heterocycles. The van der Waals surface area contributed by atoms with E-state index in [-0.39, 0.29) is 23.2 Å². The third-order valence-electron chi connectivity index (χ3n) is 4.62. The first-order chi connectivity index (χ1) is 13.3. The minimum atomic E-state index is -0.543. The molecule has 8 nitrogen and oxygen atoms in total. The molecule has 3 N–H and O–H groups in total. The van der Waals surface area contributed by atoms with Gasteiger partial charge in [-0.05, 0) is 44.5 Å². The molecule has 148 valence electrons. The maximum Gasteiger partial charge on any atom is 0.223 e. The summed E-state index contributed by atoms with van der Waals surface area (Å²) in [4.78, 5) is 8.23. The van der Waals surface area contributed by atoms with Crippen LogP contribution in [0.3, 0.4) is 0 Å². The van der Waals surface area contributed by atoms with Crippen molar-refractivity contribution in [3.63, 3.8) is 0 Å². The lowest BCUT2D eigenvalue weighted by molar-refractivity contribution is -0.140. The zero-order valence-corrected chi connectivity index (χ0v) is 16.9. The van der Waals surface area contributed by atoms with Crippen LogP contribution in [0.4, 0.5) is 23.1 Å². The molecule has 0 bridgehead atoms. The van der Waals surface area contributed by atoms with Gasteiger partial charge in [0.1, 0.15) is 0 Å². The third kappa shape index (κ3) is 4.35. The van der Waals surface area contributed by atoms with Crippen LogP contribution in [0, 0.1) is 5.92 Å². The van der Waals surface area contributed by atoms with Gasteiger partial charge >= 0.3 is 0 Å². The van der Waals surface area contributed by atoms with Crippen LogP contribution in [0.25, 0.3) is 0 Å². The number of nitrogens with two attached hydrogens (primary N) is 1. The Morgan fingerprint density at radius 3 is 2.61 bits per heavy atom. The second kappa shape index (κ2) is 7.44. The number of rotatable bonds is 5. The van der Waals surface area contributed by atoms with Crippen LogP contribution >= 0.6 is 23.2 Å². The van der Waals surface area contributed by atoms with Crippen LogP contribution in [-0.2, 0) is 9.47 Å². The zero-order chi connectivity index (χ0) is 19.9. The van der Waals surface area contributed by atoms with Crippen molar-refractivity contribution in [2.45, 2.75) is 38.2 Å². The molecule has 10 heteroatoms. The van der Waals surface area contributed by atoms with E-state index in [1.165, 1.54) is 0 Å². The van der Waals surface area contributed by atoms with Crippen molar-refractivity contribution >= 4 is 46.3 Å². The van der Waals surface area contributed by atoms with Gasteiger partial charge in [0, 0.05) is 17.0 Å². The number of nitrogens with zero attached hydrogens (tertiary/aromatic N) is 4. The number of nitrogens with one attached hydrogen (secondary N) is 1. The van der Waals surface area contributed by atoms with Gasteiger partial charge in [-0.1, -0.05) is 23.2 Å². The molecule has 0 spiro atoms. The van der Waals surface area contributed by atoms with Gasteiger partial charge in [-0.15, -0.1) is 5.11 Å². The smallest absolute Gasteiger partial charge is 0.223 e. The van der Waals surface area contributed by atoms with E-state index in [1.807, 2.05) is 13.8 Å². The fraction of sp³-hybridized carbons (Fsp3) is 0.444. The minimum absolute atomic E-state index is 0.0429. The van der Waals surface area contributed by atoms with Crippen molar-refractivity contribution in [2.75, 3.05) is 17.7 Å². The number of anilines is 2. The Morgan fingerprint density at radius 1 is 1.18 bits per heavy atom. The molecule has 1 saturated carbocycles. The Morgan fingerprint density at radius 2 is 1.93 bits per heavy atom. The van der Waals surface area contributed by atoms with Gasteiger partial charge in [-0.2, -0.15) is 15.1 Å². The second-order valence-electron chi connectivity index (χ2n) is 7.26. The number of aromatic nitrogens is 2. The summed E-state index contributed by atoms with van der Waals surface area (Å²) in [5, 5.41) is 12.5. The van der Waals surface area contributed by atoms with E-state index in [0.717, 1.165) is 6.42 Å². The highest BCUT2D eigenvalue weighted by Crippen LogP contribution is 2.44. The van der Waals surface area contributed by atoms with Gasteiger partial charge in [-0.3, -0.25) is 0 Å². The first kappa shape index (κ1) is 19.3. The molecule has 2 heterocycles. The standard InChI is InChI=1S/C18H20Cl2N6O2/c1-18(2)27-8-13(28-18)11-7-12(11)22-16-14(15(20)23-17(21)24-16)26-25-10-5-3-9(19)4-6-10/h3-6,11-13H,7-8H2,1-2H3,(H3,21,22,23,24)/t11-,12+,13-/m0/s1. The SMILES string of the molecule is CC1(C)OC[C@@H]([C@H]2C[C@H]2Nc2nc(N)nc(Cl)c2N=Nc2ccc(Cl)cc2)O1. The topological polar surface area (TPSA) is 107 Å². The summed E-state index contributed by atoms with van der Waals surface area (Å²) in [6, 6.07) is 7.13. The third-order valence-corrected chi connectivity index (χ3v) is 5.14. The van der Waals surface area contributed by atoms with Crippen LogP contribution in [-0.4, -0.2) is 34.5 Å². The summed E-state index contributed by atoms with van der Waals surface area (Å²) in [6.07, 6.45) is 0.973. The van der Waals surface area contributed by atoms with Crippen molar-refractivity contribution in [3.05, 3.63) is 34.4 Å². The normalized spacial score (nSPS) is 25.9. The second-order valence-corrected chi connectivity index (χ2v) is 8.06. The Kier molecular flexibility index (Phi) is 5.13. The predicted molar refractivity (Wildman–Crippen MR) is 108 cm³/mol. The van der Waals surface area contributed by atoms with E-state index in [9.17, 15) is 0 Å². The van der Waals surface area contributed by atoms with Crippen LogP contribution < -0.4 is 11.1 Å². The summed E-state index contributed by atoms with van der Waals surface area (Å²) < 4.78 is 11.6. The van der Waals surface area contributed by atoms with Gasteiger partial charge < -0.3 is 20.5 Å². The molecule has 0 amide bonds. The van der Waals surface area contributed by atoms with Gasteiger partial charge in [0.2, 0.25) is 5.95 Å². The largest absolute Gasteiger partial charge is 0.368 e. The fourth-order valence-electron chi connectivity index (χ4n) is 3.14. The number of ether oxygens (including phenoxy) is 2. The molecule has 0 unspecified atom stereocenters. The van der Waals surface area contributed by atoms with Crippen molar-refractivity contribution in [1.82, 2.24) is 9.97 Å². The van der Waals surface area contributed by atoms with Gasteiger partial charge in [0.15, 0.2) is 22.4 Å². The average molecular weight is 423 g/mol. The van der Waals surface area contributed by atoms with Crippen LogP contribution in [0.15, 0.2) is 34.5 Å². The molecule has 3 atom stereocenters. The molecule has 2 fully saturated rings. The summed E-state index contributed by atoms with van der Waals surface area (Å²) >= 11 is 12.1. The Bertz CT molecular complexity index is 906. The summed E-state index contributed by atoms with van der Waals surface area (Å²) in [6.45, 7) is 4.40. The maximum atomic E-state index is 6.24. The molecule has 1 aromatic heterocycles. The highest BCUT2D eigenvalue weighted by atomic mass is 35.5. The number of benzene rings is 1. The lowest BCUT2D eigenvalue weighted by Crippen LogP contribution is -2.24. The predicted octanol–water partition coefficient (Wildman–Crippen LogP) is 4.73. The molecule has 4 rings (SSSR count). The van der Waals surface area contributed by atoms with E-state index in [2.05, 4.69) is 25.5 Å². The Hall–Kier alpha value is -2.00. The summed E-state index contributed by atoms with van der Waals surface area (Å²) in [5.41, 5.74) is 6.73. The highest BCUT2D eigenvalue weighted by Gasteiger charge is 2.49. The first-order valence-corrected chi connectivity index (χ1v) is 9.65. The van der Waals surface area contributed by atoms with Gasteiger partial charge in [0.05, 0.1) is 18.4 Å². The first-order valence-electron chi connectivity index (χ1n) is 8.89. The number of hydrogen-bond donors (Lipinski definition) is 2. The number of azo groups is 1. The molecule has 1 aromatic carbocycles. The van der Waals surface area contributed by atoms with E-state index in [1.54, 1.807) is 24.3 Å². The number of halogens is 2. The van der Waals surface area contributed by atoms with Crippen molar-refractivity contribution in [2.24, 2.45) is 16.1 Å². The Balaban J connectivity index is 1.50. The molecule has 28 heavy (non-hydrogen) atoms. The van der Waals surface area contributed by atoms with E-state index < -0.39 is 5.79 Å². The molecule has 2 aromatic rings. The van der Waals surface area contributed by atoms with Crippen LogP contribution in [0.1, 0.15) is 20.3 Å². The van der Waals surface area contributed by atoms with E-state index in [4.69, 9.17) is 38.4 Å². The maximum absolute atomic E-state index is 6.24. The molecule has 2 aliphatic rings. The highest BCUT2D eigenvalue weighted by molar-refractivity contribution is 6.32. The number of hydrogen-bond acceptors (Lipinski definition) is 8. The molecular formula is C18H20Cl2N6O2. The molecule has 1 aliphatic carbocycles. The van der Waals surface area contributed by atoms with Crippen molar-refractivity contribution in [1.29, 1.82) is 0 Å². The van der Waals surface area contributed by atoms with E-state index in [0.29, 0.717) is 34.7 Å². The van der Waals surface area contributed by atoms with Gasteiger partial charge in [0.25, 0.3) is 0 Å². The average Bonchev–Trinajstić information content (AvgIpc) is 3.29. The van der Waals surface area contributed by atoms with Crippen LogP contribution in [0.5, 0.6) is 0 Å². The number of nitrogen functional groups attached to an aromatic ring is 1. The lowest BCUT2D eigenvalue weighted by Gasteiger charge is -2.17. The van der Waals surface area contributed by atoms with Gasteiger partial charge in [-0.25, -0.2) is 0 Å². The monoisotopic (exact) mass is 422 g/mol. The van der Waals surface area contributed by atoms with Crippen LogP contribution in [0.2, 0.25) is 10.2 Å². The Labute approximate surface area is 172 Å². The van der Waals surface area contributed by atoms with Crippen molar-refractivity contribution in [3.8, 4) is 0 Å². The zero-order valence-electron chi connectivity index (χ0n) is 15.4. The minimum Gasteiger partial charge on any atom is -0.368 e. The van der Waals surface area contributed by atoms with E-state index >= 15 is 0 Å².